The molecule has 2 bridgehead atoms. The van der Waals surface area contributed by atoms with Crippen LogP contribution in [0.3, 0.4) is 0 Å². The second-order valence-corrected chi connectivity index (χ2v) is 6.51. The van der Waals surface area contributed by atoms with E-state index in [2.05, 4.69) is 31.2 Å². The molecule has 2 heteroatoms. The van der Waals surface area contributed by atoms with E-state index in [1.54, 1.807) is 0 Å². The van der Waals surface area contributed by atoms with Crippen LogP contribution in [0, 0.1) is 24.7 Å². The van der Waals surface area contributed by atoms with Crippen molar-refractivity contribution >= 4 is 11.0 Å². The maximum absolute atomic E-state index is 6.51. The molecule has 2 aromatic rings. The second kappa shape index (κ2) is 4.11. The van der Waals surface area contributed by atoms with Crippen LogP contribution in [0.4, 0.5) is 0 Å². The highest BCUT2D eigenvalue weighted by Gasteiger charge is 2.43. The molecule has 4 unspecified atom stereocenters. The molecule has 4 atom stereocenters. The van der Waals surface area contributed by atoms with Crippen LogP contribution in [0.1, 0.15) is 43.0 Å². The second-order valence-electron chi connectivity index (χ2n) is 6.51. The quantitative estimate of drug-likeness (QED) is 0.874. The predicted octanol–water partition coefficient (Wildman–Crippen LogP) is 4.18. The van der Waals surface area contributed by atoms with Gasteiger partial charge in [-0.3, -0.25) is 0 Å². The van der Waals surface area contributed by atoms with E-state index in [1.807, 2.05) is 0 Å². The van der Waals surface area contributed by atoms with Crippen LogP contribution in [0.25, 0.3) is 11.0 Å². The van der Waals surface area contributed by atoms with Gasteiger partial charge in [-0.15, -0.1) is 0 Å². The first kappa shape index (κ1) is 11.5. The highest BCUT2D eigenvalue weighted by atomic mass is 16.3. The van der Waals surface area contributed by atoms with Crippen molar-refractivity contribution in [1.82, 2.24) is 0 Å². The third-order valence-electron chi connectivity index (χ3n) is 5.34. The van der Waals surface area contributed by atoms with Crippen LogP contribution in [-0.4, -0.2) is 0 Å². The van der Waals surface area contributed by atoms with Crippen LogP contribution in [0.15, 0.2) is 28.7 Å². The van der Waals surface area contributed by atoms with Gasteiger partial charge in [0.25, 0.3) is 0 Å². The van der Waals surface area contributed by atoms with E-state index < -0.39 is 0 Å². The minimum absolute atomic E-state index is 0.0853. The summed E-state index contributed by atoms with van der Waals surface area (Å²) in [4.78, 5) is 0. The first-order valence-corrected chi connectivity index (χ1v) is 7.47. The monoisotopic (exact) mass is 255 g/mol. The maximum Gasteiger partial charge on any atom is 0.137 e. The summed E-state index contributed by atoms with van der Waals surface area (Å²) in [5, 5.41) is 1.19. The molecule has 2 saturated carbocycles. The summed E-state index contributed by atoms with van der Waals surface area (Å²) >= 11 is 0. The Morgan fingerprint density at radius 2 is 2.16 bits per heavy atom. The van der Waals surface area contributed by atoms with Gasteiger partial charge in [0.15, 0.2) is 0 Å². The number of nitrogens with two attached hydrogens (primary N) is 1. The number of aryl methyl sites for hydroxylation is 1. The van der Waals surface area contributed by atoms with Crippen LogP contribution in [0.2, 0.25) is 0 Å². The van der Waals surface area contributed by atoms with Crippen molar-refractivity contribution < 1.29 is 4.42 Å². The zero-order valence-corrected chi connectivity index (χ0v) is 11.4. The lowest BCUT2D eigenvalue weighted by molar-refractivity contribution is 0.263. The summed E-state index contributed by atoms with van der Waals surface area (Å²) in [5.41, 5.74) is 8.72. The molecule has 1 aromatic heterocycles. The van der Waals surface area contributed by atoms with Gasteiger partial charge in [0, 0.05) is 5.39 Å². The molecule has 0 radical (unpaired) electrons. The van der Waals surface area contributed by atoms with Gasteiger partial charge in [-0.25, -0.2) is 0 Å². The van der Waals surface area contributed by atoms with Gasteiger partial charge in [-0.05, 0) is 55.6 Å². The third kappa shape index (κ3) is 1.73. The van der Waals surface area contributed by atoms with E-state index in [0.29, 0.717) is 5.92 Å². The maximum atomic E-state index is 6.51. The largest absolute Gasteiger partial charge is 0.459 e. The number of hydrogen-bond donors (Lipinski definition) is 1. The fourth-order valence-corrected chi connectivity index (χ4v) is 4.34. The molecule has 0 aliphatic heterocycles. The molecule has 2 aliphatic rings. The summed E-state index contributed by atoms with van der Waals surface area (Å²) in [6.45, 7) is 2.10. The van der Waals surface area contributed by atoms with Crippen LogP contribution in [0.5, 0.6) is 0 Å². The molecule has 1 aromatic carbocycles. The molecular weight excluding hydrogens is 234 g/mol. The molecular formula is C17H21NO. The van der Waals surface area contributed by atoms with E-state index in [4.69, 9.17) is 10.2 Å². The van der Waals surface area contributed by atoms with Crippen molar-refractivity contribution in [3.05, 3.63) is 35.6 Å². The van der Waals surface area contributed by atoms with Crippen molar-refractivity contribution in [2.75, 3.05) is 0 Å². The molecule has 2 N–H and O–H groups in total. The smallest absolute Gasteiger partial charge is 0.137 e. The zero-order valence-electron chi connectivity index (χ0n) is 11.4. The Morgan fingerprint density at radius 1 is 1.26 bits per heavy atom. The number of furan rings is 1. The minimum Gasteiger partial charge on any atom is -0.459 e. The summed E-state index contributed by atoms with van der Waals surface area (Å²) in [5.74, 6) is 3.41. The highest BCUT2D eigenvalue weighted by Crippen LogP contribution is 2.52. The zero-order chi connectivity index (χ0) is 13.0. The topological polar surface area (TPSA) is 39.2 Å². The number of benzene rings is 1. The Bertz CT molecular complexity index is 615. The molecule has 0 amide bonds. The standard InChI is InChI=1S/C17H21NO/c1-10-3-2-4-13-9-15(19-17(10)13)16(18)14-8-11-5-6-12(14)7-11/h2-4,9,11-12,14,16H,5-8,18H2,1H3. The molecule has 19 heavy (non-hydrogen) atoms. The molecule has 100 valence electrons. The Hall–Kier alpha value is -1.28. The number of fused-ring (bicyclic) bond motifs is 3. The van der Waals surface area contributed by atoms with Gasteiger partial charge >= 0.3 is 0 Å². The predicted molar refractivity (Wildman–Crippen MR) is 76.8 cm³/mol. The van der Waals surface area contributed by atoms with E-state index in [0.717, 1.165) is 23.2 Å². The number of hydrogen-bond acceptors (Lipinski definition) is 2. The third-order valence-corrected chi connectivity index (χ3v) is 5.34. The molecule has 2 aliphatic carbocycles. The summed E-state index contributed by atoms with van der Waals surface area (Å²) in [6, 6.07) is 8.53. The highest BCUT2D eigenvalue weighted by molar-refractivity contribution is 5.81. The molecule has 0 saturated heterocycles. The van der Waals surface area contributed by atoms with Gasteiger partial charge < -0.3 is 10.2 Å². The van der Waals surface area contributed by atoms with E-state index in [9.17, 15) is 0 Å². The fourth-order valence-electron chi connectivity index (χ4n) is 4.34. The van der Waals surface area contributed by atoms with Crippen LogP contribution >= 0.6 is 0 Å². The SMILES string of the molecule is Cc1cccc2cc(C(N)C3CC4CCC3C4)oc12. The van der Waals surface area contributed by atoms with Gasteiger partial charge in [-0.1, -0.05) is 24.6 Å². The molecule has 4 rings (SSSR count). The lowest BCUT2D eigenvalue weighted by Crippen LogP contribution is -2.25. The van der Waals surface area contributed by atoms with Crippen molar-refractivity contribution in [2.24, 2.45) is 23.5 Å². The normalized spacial score (nSPS) is 31.2. The summed E-state index contributed by atoms with van der Waals surface area (Å²) in [7, 11) is 0. The van der Waals surface area contributed by atoms with Crippen LogP contribution < -0.4 is 5.73 Å². The van der Waals surface area contributed by atoms with Gasteiger partial charge in [0.2, 0.25) is 0 Å². The van der Waals surface area contributed by atoms with E-state index in [-0.39, 0.29) is 6.04 Å². The Kier molecular flexibility index (Phi) is 2.49. The van der Waals surface area contributed by atoms with Gasteiger partial charge in [0.05, 0.1) is 6.04 Å². The van der Waals surface area contributed by atoms with Gasteiger partial charge in [0.1, 0.15) is 11.3 Å². The molecule has 1 heterocycles. The summed E-state index contributed by atoms with van der Waals surface area (Å²) in [6.07, 6.45) is 5.51. The van der Waals surface area contributed by atoms with Crippen molar-refractivity contribution in [1.29, 1.82) is 0 Å². The average molecular weight is 255 g/mol. The van der Waals surface area contributed by atoms with Gasteiger partial charge in [-0.2, -0.15) is 0 Å². The number of rotatable bonds is 2. The molecule has 2 nitrogen and oxygen atoms in total. The Morgan fingerprint density at radius 3 is 2.84 bits per heavy atom. The minimum atomic E-state index is 0.0853. The first-order chi connectivity index (χ1) is 9.22. The lowest BCUT2D eigenvalue weighted by Gasteiger charge is -2.26. The molecule has 0 spiro atoms. The Labute approximate surface area is 114 Å². The van der Waals surface area contributed by atoms with Crippen LogP contribution in [-0.2, 0) is 0 Å². The number of para-hydroxylation sites is 1. The first-order valence-electron chi connectivity index (χ1n) is 7.47. The molecule has 2 fully saturated rings. The Balaban J connectivity index is 1.68. The van der Waals surface area contributed by atoms with E-state index in [1.165, 1.54) is 36.6 Å². The van der Waals surface area contributed by atoms with Crippen molar-refractivity contribution in [3.63, 3.8) is 0 Å². The average Bonchev–Trinajstić information content (AvgIpc) is 3.12. The fraction of sp³-hybridized carbons (Fsp3) is 0.529. The van der Waals surface area contributed by atoms with E-state index >= 15 is 0 Å². The lowest BCUT2D eigenvalue weighted by atomic mass is 9.83. The summed E-state index contributed by atoms with van der Waals surface area (Å²) < 4.78 is 6.06. The van der Waals surface area contributed by atoms with Crippen molar-refractivity contribution in [3.8, 4) is 0 Å². The van der Waals surface area contributed by atoms with Crippen molar-refractivity contribution in [2.45, 2.75) is 38.6 Å².